The van der Waals surface area contributed by atoms with Gasteiger partial charge in [-0.15, -0.1) is 11.3 Å². The summed E-state index contributed by atoms with van der Waals surface area (Å²) in [6.07, 6.45) is 2.70. The van der Waals surface area contributed by atoms with E-state index in [4.69, 9.17) is 5.11 Å². The van der Waals surface area contributed by atoms with Gasteiger partial charge in [-0.1, -0.05) is 0 Å². The maximum atomic E-state index is 11.5. The molecule has 1 aromatic rings. The zero-order chi connectivity index (χ0) is 11.1. The highest BCUT2D eigenvalue weighted by atomic mass is 32.1. The lowest BCUT2D eigenvalue weighted by molar-refractivity contribution is 0.0957. The molecule has 1 rings (SSSR count). The summed E-state index contributed by atoms with van der Waals surface area (Å²) in [6, 6.07) is 3.80. The van der Waals surface area contributed by atoms with E-state index in [2.05, 4.69) is 5.32 Å². The van der Waals surface area contributed by atoms with Crippen molar-refractivity contribution < 1.29 is 9.90 Å². The van der Waals surface area contributed by atoms with Crippen molar-refractivity contribution in [1.82, 2.24) is 5.32 Å². The summed E-state index contributed by atoms with van der Waals surface area (Å²) in [6.45, 7) is 2.91. The molecule has 0 radical (unpaired) electrons. The van der Waals surface area contributed by atoms with Gasteiger partial charge in [0.2, 0.25) is 0 Å². The number of carbonyl (C=O) groups is 1. The van der Waals surface area contributed by atoms with Crippen LogP contribution < -0.4 is 5.32 Å². The second-order valence-corrected chi connectivity index (χ2v) is 4.74. The predicted octanol–water partition coefficient (Wildman–Crippen LogP) is 1.95. The molecule has 15 heavy (non-hydrogen) atoms. The molecule has 0 saturated carbocycles. The van der Waals surface area contributed by atoms with E-state index in [0.29, 0.717) is 6.54 Å². The summed E-state index contributed by atoms with van der Waals surface area (Å²) in [7, 11) is 0. The first-order valence-electron chi connectivity index (χ1n) is 5.19. The second-order valence-electron chi connectivity index (χ2n) is 3.45. The van der Waals surface area contributed by atoms with Crippen molar-refractivity contribution in [2.75, 3.05) is 13.2 Å². The molecule has 0 saturated heterocycles. The van der Waals surface area contributed by atoms with Gasteiger partial charge < -0.3 is 10.4 Å². The van der Waals surface area contributed by atoms with E-state index in [1.54, 1.807) is 0 Å². The first kappa shape index (κ1) is 12.2. The Morgan fingerprint density at radius 3 is 2.80 bits per heavy atom. The number of aliphatic hydroxyl groups excluding tert-OH is 1. The van der Waals surface area contributed by atoms with Crippen LogP contribution in [-0.2, 0) is 0 Å². The highest BCUT2D eigenvalue weighted by Gasteiger charge is 2.06. The summed E-state index contributed by atoms with van der Waals surface area (Å²) < 4.78 is 0. The fourth-order valence-corrected chi connectivity index (χ4v) is 2.04. The molecule has 0 aliphatic heterocycles. The minimum absolute atomic E-state index is 0.0112. The number of thiophene rings is 1. The summed E-state index contributed by atoms with van der Waals surface area (Å²) in [5.74, 6) is 0.0112. The van der Waals surface area contributed by atoms with E-state index >= 15 is 0 Å². The van der Waals surface area contributed by atoms with Crippen molar-refractivity contribution in [3.8, 4) is 0 Å². The van der Waals surface area contributed by atoms with E-state index < -0.39 is 0 Å². The number of rotatable bonds is 6. The molecular formula is C11H17NO2S. The first-order chi connectivity index (χ1) is 7.24. The fraction of sp³-hybridized carbons (Fsp3) is 0.545. The molecule has 0 aliphatic carbocycles. The molecule has 0 aliphatic rings. The molecular weight excluding hydrogens is 210 g/mol. The SMILES string of the molecule is Cc1ccc(C(=O)NCCCCCO)s1. The molecule has 0 unspecified atom stereocenters. The monoisotopic (exact) mass is 227 g/mol. The van der Waals surface area contributed by atoms with E-state index in [1.165, 1.54) is 11.3 Å². The van der Waals surface area contributed by atoms with Crippen LogP contribution in [0.1, 0.15) is 33.8 Å². The number of aliphatic hydroxyl groups is 1. The summed E-state index contributed by atoms with van der Waals surface area (Å²) in [5.41, 5.74) is 0. The van der Waals surface area contributed by atoms with E-state index in [-0.39, 0.29) is 12.5 Å². The molecule has 1 amide bonds. The van der Waals surface area contributed by atoms with Crippen LogP contribution in [0.3, 0.4) is 0 Å². The van der Waals surface area contributed by atoms with Gasteiger partial charge in [-0.3, -0.25) is 4.79 Å². The quantitative estimate of drug-likeness (QED) is 0.730. The molecule has 0 bridgehead atoms. The van der Waals surface area contributed by atoms with Crippen LogP contribution in [0.5, 0.6) is 0 Å². The third-order valence-electron chi connectivity index (χ3n) is 2.08. The molecule has 1 aromatic heterocycles. The third-order valence-corrected chi connectivity index (χ3v) is 3.08. The lowest BCUT2D eigenvalue weighted by Crippen LogP contribution is -2.23. The van der Waals surface area contributed by atoms with Crippen molar-refractivity contribution in [3.05, 3.63) is 21.9 Å². The highest BCUT2D eigenvalue weighted by molar-refractivity contribution is 7.13. The normalized spacial score (nSPS) is 10.3. The van der Waals surface area contributed by atoms with Crippen LogP contribution in [0, 0.1) is 6.92 Å². The topological polar surface area (TPSA) is 49.3 Å². The Bertz CT molecular complexity index is 309. The average Bonchev–Trinajstić information content (AvgIpc) is 2.64. The van der Waals surface area contributed by atoms with E-state index in [0.717, 1.165) is 29.0 Å². The molecule has 4 heteroatoms. The molecule has 1 heterocycles. The van der Waals surface area contributed by atoms with Gasteiger partial charge in [0.15, 0.2) is 0 Å². The average molecular weight is 227 g/mol. The van der Waals surface area contributed by atoms with Crippen LogP contribution in [0.2, 0.25) is 0 Å². The third kappa shape index (κ3) is 4.44. The van der Waals surface area contributed by atoms with E-state index in [9.17, 15) is 4.79 Å². The van der Waals surface area contributed by atoms with Gasteiger partial charge in [0, 0.05) is 18.0 Å². The molecule has 2 N–H and O–H groups in total. The molecule has 0 spiro atoms. The van der Waals surface area contributed by atoms with Crippen molar-refractivity contribution in [3.63, 3.8) is 0 Å². The van der Waals surface area contributed by atoms with Crippen LogP contribution >= 0.6 is 11.3 Å². The maximum absolute atomic E-state index is 11.5. The van der Waals surface area contributed by atoms with Crippen LogP contribution in [-0.4, -0.2) is 24.2 Å². The molecule has 0 fully saturated rings. The standard InChI is InChI=1S/C11H17NO2S/c1-9-5-6-10(15-9)11(14)12-7-3-2-4-8-13/h5-6,13H,2-4,7-8H2,1H3,(H,12,14). The predicted molar refractivity (Wildman–Crippen MR) is 62.3 cm³/mol. The van der Waals surface area contributed by atoms with E-state index in [1.807, 2.05) is 19.1 Å². The van der Waals surface area contributed by atoms with Crippen molar-refractivity contribution in [2.45, 2.75) is 26.2 Å². The smallest absolute Gasteiger partial charge is 0.261 e. The van der Waals surface area contributed by atoms with Gasteiger partial charge in [-0.05, 0) is 38.3 Å². The van der Waals surface area contributed by atoms with Gasteiger partial charge in [0.25, 0.3) is 5.91 Å². The Morgan fingerprint density at radius 2 is 2.20 bits per heavy atom. The number of unbranched alkanes of at least 4 members (excludes halogenated alkanes) is 2. The first-order valence-corrected chi connectivity index (χ1v) is 6.01. The maximum Gasteiger partial charge on any atom is 0.261 e. The Hall–Kier alpha value is -0.870. The molecule has 0 aromatic carbocycles. The zero-order valence-electron chi connectivity index (χ0n) is 8.95. The number of aryl methyl sites for hydroxylation is 1. The number of amides is 1. The van der Waals surface area contributed by atoms with Crippen molar-refractivity contribution in [2.24, 2.45) is 0 Å². The summed E-state index contributed by atoms with van der Waals surface area (Å²) in [5, 5.41) is 11.4. The van der Waals surface area contributed by atoms with Crippen LogP contribution in [0.25, 0.3) is 0 Å². The highest BCUT2D eigenvalue weighted by Crippen LogP contribution is 2.14. The largest absolute Gasteiger partial charge is 0.396 e. The minimum atomic E-state index is 0.0112. The second kappa shape index (κ2) is 6.58. The number of hydrogen-bond acceptors (Lipinski definition) is 3. The number of carbonyl (C=O) groups excluding carboxylic acids is 1. The van der Waals surface area contributed by atoms with Gasteiger partial charge in [-0.2, -0.15) is 0 Å². The van der Waals surface area contributed by atoms with Crippen LogP contribution in [0.15, 0.2) is 12.1 Å². The molecule has 0 atom stereocenters. The molecule has 3 nitrogen and oxygen atoms in total. The zero-order valence-corrected chi connectivity index (χ0v) is 9.77. The van der Waals surface area contributed by atoms with Gasteiger partial charge in [0.05, 0.1) is 4.88 Å². The summed E-state index contributed by atoms with van der Waals surface area (Å²) in [4.78, 5) is 13.5. The van der Waals surface area contributed by atoms with Crippen LogP contribution in [0.4, 0.5) is 0 Å². The minimum Gasteiger partial charge on any atom is -0.396 e. The van der Waals surface area contributed by atoms with Gasteiger partial charge >= 0.3 is 0 Å². The lowest BCUT2D eigenvalue weighted by Gasteiger charge is -2.02. The van der Waals surface area contributed by atoms with Gasteiger partial charge in [-0.25, -0.2) is 0 Å². The Morgan fingerprint density at radius 1 is 1.40 bits per heavy atom. The Balaban J connectivity index is 2.19. The van der Waals surface area contributed by atoms with Gasteiger partial charge in [0.1, 0.15) is 0 Å². The number of hydrogen-bond donors (Lipinski definition) is 2. The summed E-state index contributed by atoms with van der Waals surface area (Å²) >= 11 is 1.51. The van der Waals surface area contributed by atoms with Crippen molar-refractivity contribution >= 4 is 17.2 Å². The fourth-order valence-electron chi connectivity index (χ4n) is 1.26. The molecule has 84 valence electrons. The van der Waals surface area contributed by atoms with Crippen molar-refractivity contribution in [1.29, 1.82) is 0 Å². The Labute approximate surface area is 94.1 Å². The lowest BCUT2D eigenvalue weighted by atomic mass is 10.2. The number of nitrogens with one attached hydrogen (secondary N) is 1. The Kier molecular flexibility index (Phi) is 5.36.